The Kier molecular flexibility index (Phi) is 9.22. The van der Waals surface area contributed by atoms with Crippen molar-refractivity contribution in [1.29, 1.82) is 0 Å². The molecule has 2 rings (SSSR count). The van der Waals surface area contributed by atoms with Crippen LogP contribution in [0.25, 0.3) is 0 Å². The fourth-order valence-electron chi connectivity index (χ4n) is 3.40. The van der Waals surface area contributed by atoms with Gasteiger partial charge in [0.05, 0.1) is 0 Å². The second kappa shape index (κ2) is 11.7. The molecule has 0 bridgehead atoms. The topological polar surface area (TPSA) is 134 Å². The summed E-state index contributed by atoms with van der Waals surface area (Å²) in [6.45, 7) is 7.48. The lowest BCUT2D eigenvalue weighted by Gasteiger charge is -2.38. The van der Waals surface area contributed by atoms with Gasteiger partial charge < -0.3 is 25.8 Å². The van der Waals surface area contributed by atoms with Crippen molar-refractivity contribution in [2.45, 2.75) is 70.7 Å². The molecule has 2 aromatic rings. The second-order valence-corrected chi connectivity index (χ2v) is 9.75. The average molecular weight is 498 g/mol. The highest BCUT2D eigenvalue weighted by atomic mass is 16.5. The largest absolute Gasteiger partial charge is 0.480 e. The van der Waals surface area contributed by atoms with Crippen molar-refractivity contribution in [2.24, 2.45) is 0 Å². The van der Waals surface area contributed by atoms with Gasteiger partial charge in [0, 0.05) is 6.42 Å². The number of aliphatic carboxylic acids is 1. The van der Waals surface area contributed by atoms with Crippen molar-refractivity contribution in [3.63, 3.8) is 0 Å². The first-order valence-corrected chi connectivity index (χ1v) is 11.7. The molecule has 0 aliphatic carbocycles. The predicted molar refractivity (Wildman–Crippen MR) is 135 cm³/mol. The molecule has 0 saturated carbocycles. The van der Waals surface area contributed by atoms with Gasteiger partial charge in [-0.1, -0.05) is 67.6 Å². The summed E-state index contributed by atoms with van der Waals surface area (Å²) in [6, 6.07) is 18.2. The van der Waals surface area contributed by atoms with Crippen LogP contribution in [0.1, 0.15) is 52.2 Å². The number of nitrogens with one attached hydrogen (secondary N) is 3. The van der Waals surface area contributed by atoms with Crippen LogP contribution in [0, 0.1) is 0 Å². The Morgan fingerprint density at radius 1 is 0.750 bits per heavy atom. The third-order valence-corrected chi connectivity index (χ3v) is 5.90. The number of hydrogen-bond donors (Lipinski definition) is 4. The third-order valence-electron chi connectivity index (χ3n) is 5.90. The molecular weight excluding hydrogens is 462 g/mol. The summed E-state index contributed by atoms with van der Waals surface area (Å²) in [4.78, 5) is 50.9. The molecule has 0 unspecified atom stereocenters. The van der Waals surface area contributed by atoms with E-state index in [1.807, 2.05) is 60.7 Å². The molecule has 0 radical (unpaired) electrons. The summed E-state index contributed by atoms with van der Waals surface area (Å²) in [7, 11) is 0. The minimum atomic E-state index is -1.56. The number of carboxylic acid groups (broad SMARTS) is 1. The fraction of sp³-hybridized carbons (Fsp3) is 0.407. The number of rotatable bonds is 11. The summed E-state index contributed by atoms with van der Waals surface area (Å²) in [5, 5.41) is 17.4. The minimum absolute atomic E-state index is 0.0317. The normalized spacial score (nSPS) is 13.1. The molecule has 4 N–H and O–H groups in total. The Morgan fingerprint density at radius 2 is 1.28 bits per heavy atom. The van der Waals surface area contributed by atoms with Crippen molar-refractivity contribution >= 4 is 23.9 Å². The first-order chi connectivity index (χ1) is 16.8. The Balaban J connectivity index is 2.23. The Hall–Kier alpha value is -3.88. The highest BCUT2D eigenvalue weighted by Gasteiger charge is 2.45. The Bertz CT molecular complexity index is 1070. The molecule has 0 saturated heterocycles. The highest BCUT2D eigenvalue weighted by molar-refractivity contribution is 5.97. The molecule has 2 aromatic carbocycles. The van der Waals surface area contributed by atoms with Gasteiger partial charge in [-0.3, -0.25) is 9.59 Å². The van der Waals surface area contributed by atoms with Crippen molar-refractivity contribution in [3.8, 4) is 0 Å². The quantitative estimate of drug-likeness (QED) is 0.377. The zero-order chi connectivity index (χ0) is 27.0. The maximum absolute atomic E-state index is 13.5. The summed E-state index contributed by atoms with van der Waals surface area (Å²) < 4.78 is 5.23. The number of alkyl carbamates (subject to hydrolysis) is 1. The molecule has 0 fully saturated rings. The van der Waals surface area contributed by atoms with Gasteiger partial charge in [-0.15, -0.1) is 0 Å². The van der Waals surface area contributed by atoms with Gasteiger partial charge in [-0.05, 0) is 45.2 Å². The van der Waals surface area contributed by atoms with E-state index in [0.29, 0.717) is 0 Å². The molecule has 9 heteroatoms. The van der Waals surface area contributed by atoms with Gasteiger partial charge in [0.1, 0.15) is 23.2 Å². The zero-order valence-electron chi connectivity index (χ0n) is 21.4. The molecular formula is C27H35N3O6. The van der Waals surface area contributed by atoms with Gasteiger partial charge in [-0.25, -0.2) is 9.59 Å². The van der Waals surface area contributed by atoms with Crippen LogP contribution in [-0.2, 0) is 32.1 Å². The first-order valence-electron chi connectivity index (χ1n) is 11.7. The Morgan fingerprint density at radius 3 is 1.78 bits per heavy atom. The second-order valence-electron chi connectivity index (χ2n) is 9.75. The molecule has 9 nitrogen and oxygen atoms in total. The number of carbonyl (C=O) groups is 4. The summed E-state index contributed by atoms with van der Waals surface area (Å²) >= 11 is 0. The molecule has 1 atom stereocenters. The number of ether oxygens (including phenoxy) is 1. The SMILES string of the molecule is CC[C@](Cc1ccccc1)(NC(=O)C(C)(C)NC(=O)OCc1ccccc1)C(=O)NC(C)(C)C(=O)O. The Labute approximate surface area is 211 Å². The van der Waals surface area contributed by atoms with E-state index >= 15 is 0 Å². The molecule has 36 heavy (non-hydrogen) atoms. The first kappa shape index (κ1) is 28.4. The van der Waals surface area contributed by atoms with E-state index in [4.69, 9.17) is 4.74 Å². The number of hydrogen-bond acceptors (Lipinski definition) is 5. The van der Waals surface area contributed by atoms with Crippen LogP contribution < -0.4 is 16.0 Å². The predicted octanol–water partition coefficient (Wildman–Crippen LogP) is 3.18. The van der Waals surface area contributed by atoms with E-state index in [1.54, 1.807) is 6.92 Å². The molecule has 194 valence electrons. The van der Waals surface area contributed by atoms with Crippen molar-refractivity contribution in [2.75, 3.05) is 0 Å². The van der Waals surface area contributed by atoms with Gasteiger partial charge in [-0.2, -0.15) is 0 Å². The highest BCUT2D eigenvalue weighted by Crippen LogP contribution is 2.22. The lowest BCUT2D eigenvalue weighted by Crippen LogP contribution is -2.68. The fourth-order valence-corrected chi connectivity index (χ4v) is 3.40. The van der Waals surface area contributed by atoms with Gasteiger partial charge in [0.2, 0.25) is 11.8 Å². The van der Waals surface area contributed by atoms with E-state index in [1.165, 1.54) is 27.7 Å². The van der Waals surface area contributed by atoms with E-state index in [2.05, 4.69) is 16.0 Å². The van der Waals surface area contributed by atoms with E-state index in [-0.39, 0.29) is 19.4 Å². The van der Waals surface area contributed by atoms with Crippen molar-refractivity contribution < 1.29 is 29.0 Å². The van der Waals surface area contributed by atoms with E-state index in [9.17, 15) is 24.3 Å². The van der Waals surface area contributed by atoms with Crippen LogP contribution in [0.2, 0.25) is 0 Å². The molecule has 0 heterocycles. The summed E-state index contributed by atoms with van der Waals surface area (Å²) in [5.74, 6) is -2.48. The smallest absolute Gasteiger partial charge is 0.408 e. The maximum atomic E-state index is 13.5. The molecule has 0 spiro atoms. The van der Waals surface area contributed by atoms with Gasteiger partial charge in [0.15, 0.2) is 0 Å². The monoisotopic (exact) mass is 497 g/mol. The van der Waals surface area contributed by atoms with Gasteiger partial charge >= 0.3 is 12.1 Å². The lowest BCUT2D eigenvalue weighted by molar-refractivity contribution is -0.147. The summed E-state index contributed by atoms with van der Waals surface area (Å²) in [5.41, 5.74) is -2.91. The van der Waals surface area contributed by atoms with Crippen LogP contribution in [0.5, 0.6) is 0 Å². The van der Waals surface area contributed by atoms with Crippen LogP contribution >= 0.6 is 0 Å². The molecule has 0 aliphatic heterocycles. The van der Waals surface area contributed by atoms with E-state index < -0.39 is 40.5 Å². The standard InChI is InChI=1S/C27H35N3O6/c1-6-27(17-19-13-9-7-10-14-19,22(32)28-26(4,5)23(33)34)29-21(31)25(2,3)30-24(35)36-18-20-15-11-8-12-16-20/h7-16H,6,17-18H2,1-5H3,(H,28,32)(H,29,31)(H,30,35)(H,33,34)/t27-/m1/s1. The number of benzene rings is 2. The molecule has 3 amide bonds. The third kappa shape index (κ3) is 7.56. The number of amides is 3. The van der Waals surface area contributed by atoms with E-state index in [0.717, 1.165) is 11.1 Å². The van der Waals surface area contributed by atoms with Gasteiger partial charge in [0.25, 0.3) is 0 Å². The summed E-state index contributed by atoms with van der Waals surface area (Å²) in [6.07, 6.45) is -0.504. The molecule has 0 aromatic heterocycles. The van der Waals surface area contributed by atoms with Crippen LogP contribution in [0.4, 0.5) is 4.79 Å². The molecule has 0 aliphatic rings. The van der Waals surface area contributed by atoms with Crippen molar-refractivity contribution in [1.82, 2.24) is 16.0 Å². The van der Waals surface area contributed by atoms with Crippen LogP contribution in [0.3, 0.4) is 0 Å². The zero-order valence-corrected chi connectivity index (χ0v) is 21.4. The number of carbonyl (C=O) groups excluding carboxylic acids is 3. The maximum Gasteiger partial charge on any atom is 0.408 e. The van der Waals surface area contributed by atoms with Crippen LogP contribution in [-0.4, -0.2) is 45.6 Å². The lowest BCUT2D eigenvalue weighted by atomic mass is 9.85. The average Bonchev–Trinajstić information content (AvgIpc) is 2.82. The number of carboxylic acids is 1. The minimum Gasteiger partial charge on any atom is -0.480 e. The van der Waals surface area contributed by atoms with Crippen molar-refractivity contribution in [3.05, 3.63) is 71.8 Å². The van der Waals surface area contributed by atoms with Crippen LogP contribution in [0.15, 0.2) is 60.7 Å².